The van der Waals surface area contributed by atoms with Gasteiger partial charge in [-0.1, -0.05) is 221 Å². The Morgan fingerprint density at radius 3 is 1.40 bits per heavy atom. The summed E-state index contributed by atoms with van der Waals surface area (Å²) in [7, 11) is -2.71. The van der Waals surface area contributed by atoms with Gasteiger partial charge in [0.1, 0.15) is 0 Å². The molecule has 65 heavy (non-hydrogen) atoms. The van der Waals surface area contributed by atoms with Crippen LogP contribution in [0.4, 0.5) is 17.1 Å². The molecule has 0 radical (unpaired) electrons. The lowest BCUT2D eigenvalue weighted by Crippen LogP contribution is -2.74. The van der Waals surface area contributed by atoms with Crippen LogP contribution in [0.3, 0.4) is 0 Å². The maximum atomic E-state index is 2.52. The summed E-state index contributed by atoms with van der Waals surface area (Å²) in [6.07, 6.45) is 6.58. The van der Waals surface area contributed by atoms with E-state index in [0.29, 0.717) is 5.92 Å². The molecule has 0 atom stereocenters. The Morgan fingerprint density at radius 2 is 0.862 bits per heavy atom. The van der Waals surface area contributed by atoms with Crippen LogP contribution in [0.25, 0.3) is 33.4 Å². The van der Waals surface area contributed by atoms with Crippen molar-refractivity contribution in [2.45, 2.75) is 57.3 Å². The largest absolute Gasteiger partial charge is 0.310 e. The fraction of sp³-hybridized carbons (Fsp3) is 0.143. The second-order valence-corrected chi connectivity index (χ2v) is 22.5. The van der Waals surface area contributed by atoms with Crippen LogP contribution in [0.1, 0.15) is 68.6 Å². The third-order valence-corrected chi connectivity index (χ3v) is 19.4. The highest BCUT2D eigenvalue weighted by molar-refractivity contribution is 7.19. The first kappa shape index (κ1) is 40.8. The van der Waals surface area contributed by atoms with Crippen LogP contribution in [0.5, 0.6) is 0 Å². The van der Waals surface area contributed by atoms with Crippen molar-refractivity contribution in [3.63, 3.8) is 0 Å². The third kappa shape index (κ3) is 7.27. The van der Waals surface area contributed by atoms with E-state index >= 15 is 0 Å². The van der Waals surface area contributed by atoms with Crippen molar-refractivity contribution in [3.05, 3.63) is 247 Å². The van der Waals surface area contributed by atoms with E-state index in [9.17, 15) is 0 Å². The van der Waals surface area contributed by atoms with Crippen molar-refractivity contribution < 1.29 is 0 Å². The molecule has 0 aliphatic heterocycles. The van der Waals surface area contributed by atoms with Crippen molar-refractivity contribution in [2.24, 2.45) is 0 Å². The highest BCUT2D eigenvalue weighted by Crippen LogP contribution is 2.55. The monoisotopic (exact) mass is 853 g/mol. The van der Waals surface area contributed by atoms with E-state index < -0.39 is 8.07 Å². The minimum absolute atomic E-state index is 0.235. The van der Waals surface area contributed by atoms with Gasteiger partial charge >= 0.3 is 0 Å². The fourth-order valence-electron chi connectivity index (χ4n) is 11.3. The van der Waals surface area contributed by atoms with Crippen LogP contribution in [-0.2, 0) is 5.41 Å². The molecule has 0 amide bonds. The molecule has 0 aromatic heterocycles. The molecule has 0 N–H and O–H groups in total. The average molecular weight is 854 g/mol. The van der Waals surface area contributed by atoms with Crippen LogP contribution in [-0.4, -0.2) is 8.07 Å². The van der Waals surface area contributed by atoms with Crippen LogP contribution in [0, 0.1) is 0 Å². The highest BCUT2D eigenvalue weighted by atomic mass is 28.3. The van der Waals surface area contributed by atoms with Gasteiger partial charge in [-0.15, -0.1) is 0 Å². The summed E-state index contributed by atoms with van der Waals surface area (Å²) in [5.74, 6) is 0.641. The molecule has 9 aromatic rings. The van der Waals surface area contributed by atoms with E-state index in [1.807, 2.05) is 0 Å². The van der Waals surface area contributed by atoms with E-state index in [4.69, 9.17) is 0 Å². The fourth-order valence-corrected chi connectivity index (χ4v) is 16.1. The number of rotatable bonds is 10. The van der Waals surface area contributed by atoms with Gasteiger partial charge in [0.2, 0.25) is 0 Å². The molecule has 1 fully saturated rings. The summed E-state index contributed by atoms with van der Waals surface area (Å²) in [6, 6.07) is 86.9. The van der Waals surface area contributed by atoms with Gasteiger partial charge in [0.25, 0.3) is 0 Å². The molecule has 0 unspecified atom stereocenters. The van der Waals surface area contributed by atoms with Gasteiger partial charge < -0.3 is 4.90 Å². The van der Waals surface area contributed by atoms with Crippen LogP contribution in [0.2, 0.25) is 0 Å². The van der Waals surface area contributed by atoms with Crippen LogP contribution < -0.4 is 25.6 Å². The van der Waals surface area contributed by atoms with Crippen LogP contribution in [0.15, 0.2) is 231 Å². The molecular weight excluding hydrogens is 799 g/mol. The zero-order chi connectivity index (χ0) is 43.8. The summed E-state index contributed by atoms with van der Waals surface area (Å²) in [5, 5.41) is 5.50. The number of fused-ring (bicyclic) bond motifs is 3. The Kier molecular flexibility index (Phi) is 10.8. The maximum Gasteiger partial charge on any atom is 0.179 e. The molecule has 1 saturated carbocycles. The minimum Gasteiger partial charge on any atom is -0.310 e. The first-order valence-corrected chi connectivity index (χ1v) is 25.6. The first-order chi connectivity index (χ1) is 32.0. The predicted octanol–water partition coefficient (Wildman–Crippen LogP) is 14.2. The quantitative estimate of drug-likeness (QED) is 0.0979. The molecule has 2 aliphatic rings. The molecular formula is C63H55NSi. The van der Waals surface area contributed by atoms with Gasteiger partial charge in [-0.2, -0.15) is 0 Å². The standard InChI is InChI=1S/C63H55NSi/c1-63(2)60-43-50(47-23-11-4-12-24-47)35-42-58(60)62-59(49-25-13-5-14-26-49)44-53(45-61(62)63)64(51-36-33-48(34-37-51)46-21-9-3-10-22-46)52-38-40-57(41-39-52)65(54-27-15-6-16-28-54,55-29-17-7-18-30-55)56-31-19-8-20-32-56/h4-8,11-20,23-46H,3,9-10,21-22H2,1-2H3. The Hall–Kier alpha value is -7.00. The Morgan fingerprint density at radius 1 is 0.385 bits per heavy atom. The van der Waals surface area contributed by atoms with Gasteiger partial charge in [-0.25, -0.2) is 0 Å². The average Bonchev–Trinajstić information content (AvgIpc) is 3.61. The lowest BCUT2D eigenvalue weighted by Gasteiger charge is -2.35. The van der Waals surface area contributed by atoms with Crippen LogP contribution >= 0.6 is 0 Å². The predicted molar refractivity (Wildman–Crippen MR) is 279 cm³/mol. The highest BCUT2D eigenvalue weighted by Gasteiger charge is 2.42. The Balaban J connectivity index is 1.11. The molecule has 316 valence electrons. The van der Waals surface area contributed by atoms with E-state index in [2.05, 4.69) is 249 Å². The van der Waals surface area contributed by atoms with Crippen molar-refractivity contribution >= 4 is 45.9 Å². The summed E-state index contributed by atoms with van der Waals surface area (Å²) >= 11 is 0. The van der Waals surface area contributed by atoms with E-state index in [0.717, 1.165) is 5.69 Å². The van der Waals surface area contributed by atoms with Gasteiger partial charge in [-0.3, -0.25) is 0 Å². The summed E-state index contributed by atoms with van der Waals surface area (Å²) in [4.78, 5) is 2.52. The minimum atomic E-state index is -2.71. The topological polar surface area (TPSA) is 3.24 Å². The van der Waals surface area contributed by atoms with Crippen molar-refractivity contribution in [1.29, 1.82) is 0 Å². The van der Waals surface area contributed by atoms with Gasteiger partial charge in [0.05, 0.1) is 0 Å². The lowest BCUT2D eigenvalue weighted by atomic mass is 9.80. The molecule has 11 rings (SSSR count). The number of nitrogens with zero attached hydrogens (tertiary/aromatic N) is 1. The summed E-state index contributed by atoms with van der Waals surface area (Å²) in [6.45, 7) is 4.84. The summed E-state index contributed by atoms with van der Waals surface area (Å²) < 4.78 is 0. The van der Waals surface area contributed by atoms with Gasteiger partial charge in [0.15, 0.2) is 8.07 Å². The first-order valence-electron chi connectivity index (χ1n) is 23.6. The maximum absolute atomic E-state index is 2.71. The normalized spacial score (nSPS) is 14.4. The molecule has 1 nitrogen and oxygen atoms in total. The van der Waals surface area contributed by atoms with E-state index in [1.54, 1.807) is 0 Å². The van der Waals surface area contributed by atoms with E-state index in [1.165, 1.54) is 114 Å². The van der Waals surface area contributed by atoms with Crippen molar-refractivity contribution in [3.8, 4) is 33.4 Å². The number of hydrogen-bond acceptors (Lipinski definition) is 1. The number of anilines is 3. The third-order valence-electron chi connectivity index (χ3n) is 14.6. The lowest BCUT2D eigenvalue weighted by molar-refractivity contribution is 0.443. The van der Waals surface area contributed by atoms with E-state index in [-0.39, 0.29) is 5.41 Å². The van der Waals surface area contributed by atoms with Crippen molar-refractivity contribution in [1.82, 2.24) is 0 Å². The zero-order valence-corrected chi connectivity index (χ0v) is 38.5. The molecule has 0 bridgehead atoms. The number of hydrogen-bond donors (Lipinski definition) is 0. The smallest absolute Gasteiger partial charge is 0.179 e. The van der Waals surface area contributed by atoms with Gasteiger partial charge in [-0.05, 0) is 132 Å². The second kappa shape index (κ2) is 17.2. The molecule has 2 aliphatic carbocycles. The molecule has 0 saturated heterocycles. The summed E-state index contributed by atoms with van der Waals surface area (Å²) in [5.41, 5.74) is 15.1. The van der Waals surface area contributed by atoms with Crippen molar-refractivity contribution in [2.75, 3.05) is 4.90 Å². The van der Waals surface area contributed by atoms with Gasteiger partial charge in [0, 0.05) is 22.5 Å². The molecule has 9 aromatic carbocycles. The molecule has 0 spiro atoms. The SMILES string of the molecule is CC1(C)c2cc(-c3ccccc3)ccc2-c2c(-c3ccccc3)cc(N(c3ccc(C4CCCCC4)cc3)c3ccc([Si](c4ccccc4)(c4ccccc4)c4ccccc4)cc3)cc21. The number of benzene rings is 9. The zero-order valence-electron chi connectivity index (χ0n) is 37.5. The molecule has 0 heterocycles. The second-order valence-electron chi connectivity index (χ2n) is 18.7. The molecule has 2 heteroatoms. The Bertz CT molecular complexity index is 2950. The Labute approximate surface area is 386 Å².